The predicted octanol–water partition coefficient (Wildman–Crippen LogP) is 2.08. The smallest absolute Gasteiger partial charge is 0.175 e. The molecular weight excluding hydrogens is 262 g/mol. The minimum atomic E-state index is -3.16. The van der Waals surface area contributed by atoms with E-state index >= 15 is 0 Å². The Labute approximate surface area is 116 Å². The van der Waals surface area contributed by atoms with Crippen LogP contribution in [0.2, 0.25) is 0 Å². The number of aliphatic hydroxyl groups is 1. The fourth-order valence-corrected chi connectivity index (χ4v) is 2.87. The summed E-state index contributed by atoms with van der Waals surface area (Å²) in [5.41, 5.74) is 0.954. The van der Waals surface area contributed by atoms with E-state index in [1.165, 1.54) is 6.26 Å². The summed E-state index contributed by atoms with van der Waals surface area (Å²) >= 11 is 0. The molecule has 0 aliphatic heterocycles. The molecular formula is C14H23NO3S. The van der Waals surface area contributed by atoms with Gasteiger partial charge in [-0.2, -0.15) is 0 Å². The van der Waals surface area contributed by atoms with Gasteiger partial charge >= 0.3 is 0 Å². The van der Waals surface area contributed by atoms with Crippen molar-refractivity contribution in [1.82, 2.24) is 0 Å². The molecule has 0 aliphatic rings. The molecule has 0 spiro atoms. The zero-order valence-electron chi connectivity index (χ0n) is 11.8. The molecule has 0 aromatic heterocycles. The number of hydrogen-bond acceptors (Lipinski definition) is 4. The van der Waals surface area contributed by atoms with Gasteiger partial charge in [0.2, 0.25) is 0 Å². The number of rotatable bonds is 7. The Balaban J connectivity index is 3.04. The van der Waals surface area contributed by atoms with Gasteiger partial charge in [0.05, 0.1) is 11.5 Å². The van der Waals surface area contributed by atoms with Gasteiger partial charge in [-0.05, 0) is 37.1 Å². The minimum absolute atomic E-state index is 0.0876. The monoisotopic (exact) mass is 285 g/mol. The maximum atomic E-state index is 11.4. The van der Waals surface area contributed by atoms with Crippen molar-refractivity contribution in [3.8, 4) is 0 Å². The highest BCUT2D eigenvalue weighted by Gasteiger charge is 2.16. The third kappa shape index (κ3) is 4.21. The molecule has 0 aliphatic carbocycles. The van der Waals surface area contributed by atoms with Crippen molar-refractivity contribution in [1.29, 1.82) is 0 Å². The second-order valence-electron chi connectivity index (χ2n) is 4.65. The van der Waals surface area contributed by atoms with Gasteiger partial charge in [0.1, 0.15) is 0 Å². The first-order valence-corrected chi connectivity index (χ1v) is 8.50. The van der Waals surface area contributed by atoms with Crippen LogP contribution in [0.25, 0.3) is 0 Å². The third-order valence-electron chi connectivity index (χ3n) is 3.32. The van der Waals surface area contributed by atoms with Crippen molar-refractivity contribution >= 4 is 15.5 Å². The van der Waals surface area contributed by atoms with Gasteiger partial charge in [-0.15, -0.1) is 0 Å². The Morgan fingerprint density at radius 3 is 2.05 bits per heavy atom. The van der Waals surface area contributed by atoms with E-state index < -0.39 is 9.84 Å². The van der Waals surface area contributed by atoms with Crippen molar-refractivity contribution in [3.05, 3.63) is 24.3 Å². The van der Waals surface area contributed by atoms with Gasteiger partial charge in [0.25, 0.3) is 0 Å². The van der Waals surface area contributed by atoms with Crippen LogP contribution < -0.4 is 4.90 Å². The Morgan fingerprint density at radius 2 is 1.68 bits per heavy atom. The highest BCUT2D eigenvalue weighted by molar-refractivity contribution is 7.90. The summed E-state index contributed by atoms with van der Waals surface area (Å²) in [6, 6.07) is 7.22. The SMILES string of the molecule is CCC(CC)N(CCO)c1ccc(S(C)(=O)=O)cc1. The van der Waals surface area contributed by atoms with Crippen LogP contribution in [-0.4, -0.2) is 39.0 Å². The van der Waals surface area contributed by atoms with Crippen LogP contribution >= 0.6 is 0 Å². The van der Waals surface area contributed by atoms with E-state index in [4.69, 9.17) is 0 Å². The second-order valence-corrected chi connectivity index (χ2v) is 6.67. The molecule has 108 valence electrons. The molecule has 0 saturated carbocycles. The summed E-state index contributed by atoms with van der Waals surface area (Å²) in [5.74, 6) is 0. The lowest BCUT2D eigenvalue weighted by Gasteiger charge is -2.32. The van der Waals surface area contributed by atoms with Gasteiger partial charge in [-0.25, -0.2) is 8.42 Å². The van der Waals surface area contributed by atoms with Crippen molar-refractivity contribution in [2.45, 2.75) is 37.6 Å². The number of sulfone groups is 1. The van der Waals surface area contributed by atoms with Gasteiger partial charge in [0, 0.05) is 24.5 Å². The largest absolute Gasteiger partial charge is 0.395 e. The first-order chi connectivity index (χ1) is 8.93. The molecule has 1 aromatic rings. The standard InChI is InChI=1S/C14H23NO3S/c1-4-12(5-2)15(10-11-16)13-6-8-14(9-7-13)19(3,17)18/h6-9,12,16H,4-5,10-11H2,1-3H3. The van der Waals surface area contributed by atoms with Gasteiger partial charge < -0.3 is 10.0 Å². The first kappa shape index (κ1) is 16.0. The summed E-state index contributed by atoms with van der Waals surface area (Å²) in [5, 5.41) is 9.18. The van der Waals surface area contributed by atoms with Crippen LogP contribution in [0.5, 0.6) is 0 Å². The van der Waals surface area contributed by atoms with Crippen LogP contribution in [-0.2, 0) is 9.84 Å². The van der Waals surface area contributed by atoms with Crippen molar-refractivity contribution in [2.75, 3.05) is 24.3 Å². The highest BCUT2D eigenvalue weighted by Crippen LogP contribution is 2.22. The van der Waals surface area contributed by atoms with Crippen LogP contribution in [0, 0.1) is 0 Å². The predicted molar refractivity (Wildman–Crippen MR) is 78.4 cm³/mol. The summed E-state index contributed by atoms with van der Waals surface area (Å²) in [6.07, 6.45) is 3.18. The molecule has 0 unspecified atom stereocenters. The molecule has 0 amide bonds. The average Bonchev–Trinajstić information content (AvgIpc) is 2.38. The number of benzene rings is 1. The normalized spacial score (nSPS) is 11.8. The Hall–Kier alpha value is -1.07. The minimum Gasteiger partial charge on any atom is -0.395 e. The summed E-state index contributed by atoms with van der Waals surface area (Å²) in [6.45, 7) is 4.88. The summed E-state index contributed by atoms with van der Waals surface area (Å²) < 4.78 is 22.9. The van der Waals surface area contributed by atoms with E-state index in [1.54, 1.807) is 12.1 Å². The fourth-order valence-electron chi connectivity index (χ4n) is 2.24. The van der Waals surface area contributed by atoms with E-state index in [9.17, 15) is 13.5 Å². The molecule has 0 atom stereocenters. The number of anilines is 1. The summed E-state index contributed by atoms with van der Waals surface area (Å²) in [7, 11) is -3.16. The first-order valence-electron chi connectivity index (χ1n) is 6.61. The third-order valence-corrected chi connectivity index (χ3v) is 4.45. The van der Waals surface area contributed by atoms with Crippen molar-refractivity contribution in [2.24, 2.45) is 0 Å². The summed E-state index contributed by atoms with van der Waals surface area (Å²) in [4.78, 5) is 2.45. The fraction of sp³-hybridized carbons (Fsp3) is 0.571. The molecule has 0 fully saturated rings. The van der Waals surface area contributed by atoms with E-state index in [0.717, 1.165) is 18.5 Å². The van der Waals surface area contributed by atoms with Crippen molar-refractivity contribution in [3.63, 3.8) is 0 Å². The molecule has 5 heteroatoms. The maximum Gasteiger partial charge on any atom is 0.175 e. The van der Waals surface area contributed by atoms with Crippen molar-refractivity contribution < 1.29 is 13.5 Å². The lowest BCUT2D eigenvalue weighted by molar-refractivity contribution is 0.296. The Bertz CT molecular complexity index is 478. The van der Waals surface area contributed by atoms with E-state index in [0.29, 0.717) is 17.5 Å². The average molecular weight is 285 g/mol. The van der Waals surface area contributed by atoms with E-state index in [1.807, 2.05) is 12.1 Å². The molecule has 1 aromatic carbocycles. The topological polar surface area (TPSA) is 57.6 Å². The van der Waals surface area contributed by atoms with Gasteiger partial charge in [0.15, 0.2) is 9.84 Å². The van der Waals surface area contributed by atoms with Crippen LogP contribution in [0.3, 0.4) is 0 Å². The lowest BCUT2D eigenvalue weighted by atomic mass is 10.1. The molecule has 1 N–H and O–H groups in total. The molecule has 1 rings (SSSR count). The Morgan fingerprint density at radius 1 is 1.16 bits per heavy atom. The van der Waals surface area contributed by atoms with E-state index in [2.05, 4.69) is 18.7 Å². The zero-order chi connectivity index (χ0) is 14.5. The molecule has 0 heterocycles. The molecule has 4 nitrogen and oxygen atoms in total. The molecule has 19 heavy (non-hydrogen) atoms. The maximum absolute atomic E-state index is 11.4. The zero-order valence-corrected chi connectivity index (χ0v) is 12.7. The van der Waals surface area contributed by atoms with Crippen LogP contribution in [0.4, 0.5) is 5.69 Å². The number of hydrogen-bond donors (Lipinski definition) is 1. The molecule has 0 radical (unpaired) electrons. The molecule has 0 saturated heterocycles. The van der Waals surface area contributed by atoms with E-state index in [-0.39, 0.29) is 6.61 Å². The number of nitrogens with zero attached hydrogens (tertiary/aromatic N) is 1. The Kier molecular flexibility index (Phi) is 5.82. The molecule has 0 bridgehead atoms. The van der Waals surface area contributed by atoms with Crippen LogP contribution in [0.15, 0.2) is 29.2 Å². The second kappa shape index (κ2) is 6.91. The van der Waals surface area contributed by atoms with Gasteiger partial charge in [-0.3, -0.25) is 0 Å². The van der Waals surface area contributed by atoms with Gasteiger partial charge in [-0.1, -0.05) is 13.8 Å². The number of aliphatic hydroxyl groups excluding tert-OH is 1. The lowest BCUT2D eigenvalue weighted by Crippen LogP contribution is -2.36. The highest BCUT2D eigenvalue weighted by atomic mass is 32.2. The quantitative estimate of drug-likeness (QED) is 0.833. The van der Waals surface area contributed by atoms with Crippen LogP contribution in [0.1, 0.15) is 26.7 Å².